The summed E-state index contributed by atoms with van der Waals surface area (Å²) in [4.78, 5) is 39.8. The Hall–Kier alpha value is -5.00. The van der Waals surface area contributed by atoms with Gasteiger partial charge in [0.15, 0.2) is 11.4 Å². The summed E-state index contributed by atoms with van der Waals surface area (Å²) in [6.07, 6.45) is -3.50. The first-order valence-electron chi connectivity index (χ1n) is 13.2. The molecule has 6 rings (SSSR count). The number of furan rings is 1. The maximum Gasteiger partial charge on any atom is 0.418 e. The van der Waals surface area contributed by atoms with Crippen LogP contribution in [0.3, 0.4) is 0 Å². The van der Waals surface area contributed by atoms with Crippen LogP contribution >= 0.6 is 0 Å². The molecule has 1 saturated heterocycles. The summed E-state index contributed by atoms with van der Waals surface area (Å²) < 4.78 is 47.6. The monoisotopic (exact) mass is 575 g/mol. The number of benzene rings is 2. The summed E-state index contributed by atoms with van der Waals surface area (Å²) in [5.41, 5.74) is 0.472. The smallest absolute Gasteiger partial charge is 0.418 e. The number of pyridine rings is 1. The molecule has 0 saturated carbocycles. The topological polar surface area (TPSA) is 121 Å². The third kappa shape index (κ3) is 5.11. The molecule has 0 unspecified atom stereocenters. The van der Waals surface area contributed by atoms with Crippen LogP contribution in [0.1, 0.15) is 24.2 Å². The van der Waals surface area contributed by atoms with Gasteiger partial charge < -0.3 is 19.7 Å². The van der Waals surface area contributed by atoms with E-state index in [1.165, 1.54) is 18.3 Å². The summed E-state index contributed by atoms with van der Waals surface area (Å²) in [5.74, 6) is -1.31. The van der Waals surface area contributed by atoms with Gasteiger partial charge in [0, 0.05) is 23.9 Å². The van der Waals surface area contributed by atoms with Crippen LogP contribution in [0.25, 0.3) is 33.3 Å². The van der Waals surface area contributed by atoms with E-state index in [1.54, 1.807) is 36.1 Å². The average Bonchev–Trinajstić information content (AvgIpc) is 3.54. The number of nitrogens with zero attached hydrogens (tertiary/aromatic N) is 4. The molecule has 2 atom stereocenters. The maximum atomic E-state index is 13.9. The van der Waals surface area contributed by atoms with Gasteiger partial charge in [0.25, 0.3) is 0 Å². The molecule has 1 aliphatic rings. The summed E-state index contributed by atoms with van der Waals surface area (Å²) in [6.45, 7) is 1.87. The van der Waals surface area contributed by atoms with Crippen LogP contribution in [0, 0.1) is 12.8 Å². The van der Waals surface area contributed by atoms with E-state index in [2.05, 4.69) is 20.3 Å². The third-order valence-electron chi connectivity index (χ3n) is 7.26. The summed E-state index contributed by atoms with van der Waals surface area (Å²) >= 11 is 0. The van der Waals surface area contributed by atoms with Crippen LogP contribution in [0.4, 0.5) is 24.7 Å². The molecule has 0 aliphatic carbocycles. The Balaban J connectivity index is 1.24. The number of carbonyl (C=O) groups excluding carboxylic acids is 1. The second kappa shape index (κ2) is 10.4. The summed E-state index contributed by atoms with van der Waals surface area (Å²) in [5, 5.41) is 13.3. The zero-order valence-electron chi connectivity index (χ0n) is 22.2. The fraction of sp³-hybridized carbons (Fsp3) is 0.233. The molecule has 0 spiro atoms. The Labute approximate surface area is 237 Å². The van der Waals surface area contributed by atoms with Gasteiger partial charge in [-0.2, -0.15) is 13.2 Å². The van der Waals surface area contributed by atoms with Crippen LogP contribution in [-0.2, 0) is 15.8 Å². The number of anilines is 2. The fourth-order valence-corrected chi connectivity index (χ4v) is 5.47. The van der Waals surface area contributed by atoms with Gasteiger partial charge in [0.2, 0.25) is 5.91 Å². The third-order valence-corrected chi connectivity index (χ3v) is 7.26. The number of rotatable bonds is 6. The zero-order chi connectivity index (χ0) is 29.6. The molecule has 0 bridgehead atoms. The van der Waals surface area contributed by atoms with Crippen molar-refractivity contribution in [2.24, 2.45) is 5.92 Å². The molecule has 0 radical (unpaired) electrons. The molecule has 12 heteroatoms. The second-order valence-electron chi connectivity index (χ2n) is 10.2. The number of amides is 1. The van der Waals surface area contributed by atoms with E-state index in [0.717, 1.165) is 11.5 Å². The molecule has 3 aromatic heterocycles. The Morgan fingerprint density at radius 3 is 2.57 bits per heavy atom. The number of para-hydroxylation sites is 1. The van der Waals surface area contributed by atoms with Crippen molar-refractivity contribution in [3.63, 3.8) is 0 Å². The Morgan fingerprint density at radius 2 is 1.83 bits per heavy atom. The highest BCUT2D eigenvalue weighted by atomic mass is 19.4. The molecule has 2 aromatic carbocycles. The van der Waals surface area contributed by atoms with Crippen LogP contribution in [0.5, 0.6) is 0 Å². The number of alkyl halides is 3. The first-order chi connectivity index (χ1) is 20.1. The number of carbonyl (C=O) groups is 2. The van der Waals surface area contributed by atoms with Crippen molar-refractivity contribution in [2.45, 2.75) is 32.0 Å². The molecular weight excluding hydrogens is 551 g/mol. The summed E-state index contributed by atoms with van der Waals surface area (Å²) in [7, 11) is 0. The molecule has 1 amide bonds. The average molecular weight is 576 g/mol. The lowest BCUT2D eigenvalue weighted by atomic mass is 10.0. The van der Waals surface area contributed by atoms with E-state index in [4.69, 9.17) is 4.42 Å². The standard InChI is InChI=1S/C30H24F3N5O4/c1-16-35-26-20-9-5-6-10-23(20)42-27(26)28(36-16)38-15-17(11-22(38)29(40)41)12-24(39)37-19-13-21(30(31,32)33)25(34-14-19)18-7-3-2-4-8-18/h2-10,13-14,17,22H,11-12,15H2,1H3,(H,37,39)(H,40,41)/t17-,22+/m1/s1. The quantitative estimate of drug-likeness (QED) is 0.250. The van der Waals surface area contributed by atoms with Crippen LogP contribution in [-0.4, -0.2) is 44.5 Å². The number of fused-ring (bicyclic) bond motifs is 3. The van der Waals surface area contributed by atoms with E-state index in [9.17, 15) is 27.9 Å². The van der Waals surface area contributed by atoms with Gasteiger partial charge in [-0.05, 0) is 37.5 Å². The molecule has 5 aromatic rings. The molecule has 42 heavy (non-hydrogen) atoms. The number of carboxylic acids is 1. The van der Waals surface area contributed by atoms with Crippen molar-refractivity contribution in [1.82, 2.24) is 15.0 Å². The van der Waals surface area contributed by atoms with E-state index in [-0.39, 0.29) is 30.8 Å². The Kier molecular flexibility index (Phi) is 6.76. The van der Waals surface area contributed by atoms with Crippen molar-refractivity contribution in [2.75, 3.05) is 16.8 Å². The number of halogens is 3. The Bertz CT molecular complexity index is 1820. The minimum atomic E-state index is -4.70. The number of hydrogen-bond donors (Lipinski definition) is 2. The number of aryl methyl sites for hydroxylation is 1. The maximum absolute atomic E-state index is 13.9. The number of hydrogen-bond acceptors (Lipinski definition) is 7. The van der Waals surface area contributed by atoms with Gasteiger partial charge in [-0.25, -0.2) is 14.8 Å². The van der Waals surface area contributed by atoms with Crippen molar-refractivity contribution in [1.29, 1.82) is 0 Å². The zero-order valence-corrected chi connectivity index (χ0v) is 22.2. The van der Waals surface area contributed by atoms with E-state index < -0.39 is 35.6 Å². The van der Waals surface area contributed by atoms with Crippen LogP contribution < -0.4 is 10.2 Å². The first-order valence-corrected chi connectivity index (χ1v) is 13.2. The molecule has 214 valence electrons. The number of aliphatic carboxylic acids is 1. The van der Waals surface area contributed by atoms with E-state index in [0.29, 0.717) is 33.9 Å². The lowest BCUT2D eigenvalue weighted by Gasteiger charge is -2.22. The molecular formula is C30H24F3N5O4. The molecule has 1 fully saturated rings. The lowest BCUT2D eigenvalue weighted by Crippen LogP contribution is -2.36. The second-order valence-corrected chi connectivity index (χ2v) is 10.2. The van der Waals surface area contributed by atoms with E-state index in [1.807, 2.05) is 18.2 Å². The Morgan fingerprint density at radius 1 is 1.10 bits per heavy atom. The molecule has 2 N–H and O–H groups in total. The molecule has 1 aliphatic heterocycles. The van der Waals surface area contributed by atoms with Gasteiger partial charge in [0.05, 0.1) is 23.1 Å². The first kappa shape index (κ1) is 27.2. The fourth-order valence-electron chi connectivity index (χ4n) is 5.47. The van der Waals surface area contributed by atoms with E-state index >= 15 is 0 Å². The van der Waals surface area contributed by atoms with Crippen LogP contribution in [0.15, 0.2) is 71.3 Å². The van der Waals surface area contributed by atoms with Crippen molar-refractivity contribution in [3.05, 3.63) is 78.2 Å². The lowest BCUT2D eigenvalue weighted by molar-refractivity contribution is -0.138. The highest BCUT2D eigenvalue weighted by molar-refractivity contribution is 6.06. The minimum Gasteiger partial charge on any atom is -0.480 e. The number of aromatic nitrogens is 3. The van der Waals surface area contributed by atoms with Crippen molar-refractivity contribution >= 4 is 45.5 Å². The van der Waals surface area contributed by atoms with Gasteiger partial charge in [-0.1, -0.05) is 42.5 Å². The highest BCUT2D eigenvalue weighted by Gasteiger charge is 2.40. The summed E-state index contributed by atoms with van der Waals surface area (Å²) in [6, 6.07) is 15.1. The van der Waals surface area contributed by atoms with Gasteiger partial charge in [-0.15, -0.1) is 0 Å². The SMILES string of the molecule is Cc1nc(N2C[C@@H](CC(=O)Nc3cnc(-c4ccccc4)c(C(F)(F)F)c3)C[C@H]2C(=O)O)c2oc3ccccc3c2n1. The number of nitrogens with one attached hydrogen (secondary N) is 1. The van der Waals surface area contributed by atoms with Crippen molar-refractivity contribution < 1.29 is 32.3 Å². The van der Waals surface area contributed by atoms with Crippen LogP contribution in [0.2, 0.25) is 0 Å². The predicted octanol–water partition coefficient (Wildman–Crippen LogP) is 6.07. The molecule has 4 heterocycles. The number of carboxylic acid groups (broad SMARTS) is 1. The van der Waals surface area contributed by atoms with Gasteiger partial charge >= 0.3 is 12.1 Å². The highest BCUT2D eigenvalue weighted by Crippen LogP contribution is 2.39. The minimum absolute atomic E-state index is 0.105. The molecule has 9 nitrogen and oxygen atoms in total. The van der Waals surface area contributed by atoms with Crippen molar-refractivity contribution in [3.8, 4) is 11.3 Å². The largest absolute Gasteiger partial charge is 0.480 e. The predicted molar refractivity (Wildman–Crippen MR) is 149 cm³/mol. The van der Waals surface area contributed by atoms with Gasteiger partial charge in [0.1, 0.15) is 23.0 Å². The van der Waals surface area contributed by atoms with Gasteiger partial charge in [-0.3, -0.25) is 9.78 Å². The normalized spacial score (nSPS) is 17.2.